The maximum Gasteiger partial charge on any atom is 0.0227 e. The number of benzene rings is 1. The third kappa shape index (κ3) is 5.29. The minimum atomic E-state index is 0.713. The highest BCUT2D eigenvalue weighted by molar-refractivity contribution is 5.23. The van der Waals surface area contributed by atoms with Crippen LogP contribution >= 0.6 is 0 Å². The van der Waals surface area contributed by atoms with Gasteiger partial charge < -0.3 is 10.2 Å². The molecular weight excluding hydrogens is 196 g/mol. The predicted octanol–water partition coefficient (Wildman–Crippen LogP) is 2.49. The van der Waals surface area contributed by atoms with Crippen molar-refractivity contribution in [1.82, 2.24) is 10.2 Å². The van der Waals surface area contributed by atoms with E-state index in [-0.39, 0.29) is 0 Å². The Morgan fingerprint density at radius 2 is 1.88 bits per heavy atom. The molecule has 0 aromatic heterocycles. The first kappa shape index (κ1) is 13.2. The van der Waals surface area contributed by atoms with Crippen molar-refractivity contribution in [2.75, 3.05) is 20.6 Å². The molecule has 0 spiro atoms. The van der Waals surface area contributed by atoms with Gasteiger partial charge in [0.1, 0.15) is 0 Å². The first-order chi connectivity index (χ1) is 7.58. The standard InChI is InChI=1S/C14H24N2/c1-12(2)9-15-10-13-6-5-7-14(8-13)11-16(3)4/h5-8,12,15H,9-11H2,1-4H3. The van der Waals surface area contributed by atoms with Gasteiger partial charge in [0.15, 0.2) is 0 Å². The molecule has 0 heterocycles. The molecule has 0 bridgehead atoms. The van der Waals surface area contributed by atoms with Crippen molar-refractivity contribution in [1.29, 1.82) is 0 Å². The fourth-order valence-corrected chi connectivity index (χ4v) is 1.71. The fourth-order valence-electron chi connectivity index (χ4n) is 1.71. The van der Waals surface area contributed by atoms with Gasteiger partial charge in [0.25, 0.3) is 0 Å². The highest BCUT2D eigenvalue weighted by Gasteiger charge is 1.98. The van der Waals surface area contributed by atoms with E-state index >= 15 is 0 Å². The second-order valence-corrected chi connectivity index (χ2v) is 5.08. The summed E-state index contributed by atoms with van der Waals surface area (Å²) < 4.78 is 0. The van der Waals surface area contributed by atoms with Gasteiger partial charge in [-0.25, -0.2) is 0 Å². The Bertz CT molecular complexity index is 305. The SMILES string of the molecule is CC(C)CNCc1cccc(CN(C)C)c1. The fraction of sp³-hybridized carbons (Fsp3) is 0.571. The molecule has 0 aliphatic carbocycles. The van der Waals surface area contributed by atoms with Crippen LogP contribution in [0, 0.1) is 5.92 Å². The largest absolute Gasteiger partial charge is 0.312 e. The van der Waals surface area contributed by atoms with Crippen molar-refractivity contribution in [3.05, 3.63) is 35.4 Å². The van der Waals surface area contributed by atoms with Gasteiger partial charge in [-0.05, 0) is 37.7 Å². The summed E-state index contributed by atoms with van der Waals surface area (Å²) in [6.45, 7) is 7.53. The van der Waals surface area contributed by atoms with Crippen LogP contribution in [-0.2, 0) is 13.1 Å². The van der Waals surface area contributed by atoms with Gasteiger partial charge in [-0.1, -0.05) is 38.1 Å². The molecule has 0 fully saturated rings. The van der Waals surface area contributed by atoms with E-state index in [4.69, 9.17) is 0 Å². The quantitative estimate of drug-likeness (QED) is 0.792. The highest BCUT2D eigenvalue weighted by atomic mass is 15.0. The second kappa shape index (κ2) is 6.66. The van der Waals surface area contributed by atoms with Crippen LogP contribution in [0.4, 0.5) is 0 Å². The van der Waals surface area contributed by atoms with Crippen molar-refractivity contribution < 1.29 is 0 Å². The molecule has 1 aromatic rings. The van der Waals surface area contributed by atoms with Gasteiger partial charge in [-0.2, -0.15) is 0 Å². The molecule has 1 N–H and O–H groups in total. The molecular formula is C14H24N2. The Kier molecular flexibility index (Phi) is 5.50. The van der Waals surface area contributed by atoms with Gasteiger partial charge in [-0.3, -0.25) is 0 Å². The van der Waals surface area contributed by atoms with E-state index in [0.717, 1.165) is 19.6 Å². The molecule has 1 aromatic carbocycles. The van der Waals surface area contributed by atoms with Crippen LogP contribution in [0.15, 0.2) is 24.3 Å². The number of rotatable bonds is 6. The molecule has 0 radical (unpaired) electrons. The zero-order valence-electron chi connectivity index (χ0n) is 11.0. The van der Waals surface area contributed by atoms with Crippen LogP contribution in [0.25, 0.3) is 0 Å². The zero-order valence-corrected chi connectivity index (χ0v) is 11.0. The molecule has 0 saturated carbocycles. The van der Waals surface area contributed by atoms with Crippen LogP contribution in [0.5, 0.6) is 0 Å². The lowest BCUT2D eigenvalue weighted by molar-refractivity contribution is 0.402. The van der Waals surface area contributed by atoms with Crippen LogP contribution in [0.2, 0.25) is 0 Å². The summed E-state index contributed by atoms with van der Waals surface area (Å²) in [6.07, 6.45) is 0. The monoisotopic (exact) mass is 220 g/mol. The molecule has 1 rings (SSSR count). The average Bonchev–Trinajstić information content (AvgIpc) is 2.16. The van der Waals surface area contributed by atoms with Crippen LogP contribution in [-0.4, -0.2) is 25.5 Å². The van der Waals surface area contributed by atoms with Gasteiger partial charge in [-0.15, -0.1) is 0 Å². The molecule has 16 heavy (non-hydrogen) atoms. The molecule has 0 aliphatic rings. The lowest BCUT2D eigenvalue weighted by Crippen LogP contribution is -2.19. The topological polar surface area (TPSA) is 15.3 Å². The van der Waals surface area contributed by atoms with E-state index in [2.05, 4.69) is 62.4 Å². The van der Waals surface area contributed by atoms with Gasteiger partial charge in [0.2, 0.25) is 0 Å². The summed E-state index contributed by atoms with van der Waals surface area (Å²) in [4.78, 5) is 2.20. The van der Waals surface area contributed by atoms with Gasteiger partial charge in [0, 0.05) is 13.1 Å². The van der Waals surface area contributed by atoms with Crippen molar-refractivity contribution in [2.45, 2.75) is 26.9 Å². The third-order valence-corrected chi connectivity index (χ3v) is 2.37. The molecule has 2 nitrogen and oxygen atoms in total. The molecule has 0 aliphatic heterocycles. The van der Waals surface area contributed by atoms with E-state index in [1.54, 1.807) is 0 Å². The van der Waals surface area contributed by atoms with Gasteiger partial charge >= 0.3 is 0 Å². The van der Waals surface area contributed by atoms with Crippen LogP contribution < -0.4 is 5.32 Å². The minimum Gasteiger partial charge on any atom is -0.312 e. The van der Waals surface area contributed by atoms with E-state index in [0.29, 0.717) is 5.92 Å². The van der Waals surface area contributed by atoms with Crippen molar-refractivity contribution in [3.63, 3.8) is 0 Å². The van der Waals surface area contributed by atoms with Crippen molar-refractivity contribution >= 4 is 0 Å². The summed E-state index contributed by atoms with van der Waals surface area (Å²) in [5.74, 6) is 0.713. The smallest absolute Gasteiger partial charge is 0.0227 e. The van der Waals surface area contributed by atoms with E-state index in [1.807, 2.05) is 0 Å². The van der Waals surface area contributed by atoms with E-state index in [9.17, 15) is 0 Å². The summed E-state index contributed by atoms with van der Waals surface area (Å²) in [7, 11) is 4.20. The maximum atomic E-state index is 3.47. The average molecular weight is 220 g/mol. The molecule has 2 heteroatoms. The molecule has 0 amide bonds. The Hall–Kier alpha value is -0.860. The number of nitrogens with zero attached hydrogens (tertiary/aromatic N) is 1. The Balaban J connectivity index is 2.47. The molecule has 90 valence electrons. The maximum absolute atomic E-state index is 3.47. The summed E-state index contributed by atoms with van der Waals surface area (Å²) >= 11 is 0. The lowest BCUT2D eigenvalue weighted by Gasteiger charge is -2.12. The molecule has 0 unspecified atom stereocenters. The van der Waals surface area contributed by atoms with E-state index in [1.165, 1.54) is 11.1 Å². The van der Waals surface area contributed by atoms with Crippen LogP contribution in [0.3, 0.4) is 0 Å². The number of hydrogen-bond donors (Lipinski definition) is 1. The first-order valence-electron chi connectivity index (χ1n) is 6.01. The summed E-state index contributed by atoms with van der Waals surface area (Å²) in [5, 5.41) is 3.47. The number of hydrogen-bond acceptors (Lipinski definition) is 2. The zero-order chi connectivity index (χ0) is 12.0. The lowest BCUT2D eigenvalue weighted by atomic mass is 10.1. The van der Waals surface area contributed by atoms with Gasteiger partial charge in [0.05, 0.1) is 0 Å². The normalized spacial score (nSPS) is 11.4. The minimum absolute atomic E-state index is 0.713. The van der Waals surface area contributed by atoms with Crippen molar-refractivity contribution in [2.24, 2.45) is 5.92 Å². The molecule has 0 saturated heterocycles. The second-order valence-electron chi connectivity index (χ2n) is 5.08. The Morgan fingerprint density at radius 1 is 1.19 bits per heavy atom. The third-order valence-electron chi connectivity index (χ3n) is 2.37. The summed E-state index contributed by atoms with van der Waals surface area (Å²) in [6, 6.07) is 8.80. The van der Waals surface area contributed by atoms with Crippen LogP contribution in [0.1, 0.15) is 25.0 Å². The molecule has 0 atom stereocenters. The Morgan fingerprint density at radius 3 is 2.50 bits per heavy atom. The highest BCUT2D eigenvalue weighted by Crippen LogP contribution is 2.07. The summed E-state index contributed by atoms with van der Waals surface area (Å²) in [5.41, 5.74) is 2.76. The first-order valence-corrected chi connectivity index (χ1v) is 6.01. The van der Waals surface area contributed by atoms with Crippen molar-refractivity contribution in [3.8, 4) is 0 Å². The number of nitrogens with one attached hydrogen (secondary N) is 1. The predicted molar refractivity (Wildman–Crippen MR) is 70.4 cm³/mol. The van der Waals surface area contributed by atoms with E-state index < -0.39 is 0 Å². The Labute approximate surface area is 99.7 Å².